The lowest BCUT2D eigenvalue weighted by atomic mass is 10.2. The molecule has 90 valence electrons. The third-order valence-electron chi connectivity index (χ3n) is 2.04. The number of phenolic OH excluding ortho intramolecular Hbond substituents is 1. The number of nitrogens with one attached hydrogen (secondary N) is 2. The van der Waals surface area contributed by atoms with Crippen LogP contribution >= 0.6 is 0 Å². The molecule has 0 fully saturated rings. The van der Waals surface area contributed by atoms with Gasteiger partial charge in [-0.2, -0.15) is 10.5 Å². The predicted octanol–water partition coefficient (Wildman–Crippen LogP) is 1.02. The van der Waals surface area contributed by atoms with Gasteiger partial charge in [0.05, 0.1) is 0 Å². The number of hydrogen-bond donors (Lipinski definition) is 3. The van der Waals surface area contributed by atoms with Crippen LogP contribution in [0.3, 0.4) is 0 Å². The van der Waals surface area contributed by atoms with Gasteiger partial charge in [0.1, 0.15) is 11.6 Å². The molecule has 0 aliphatic carbocycles. The van der Waals surface area contributed by atoms with Crippen LogP contribution in [0.4, 0.5) is 10.1 Å². The Kier molecular flexibility index (Phi) is 3.15. The molecular formula is C10H7FN6O. The van der Waals surface area contributed by atoms with Crippen molar-refractivity contribution in [2.45, 2.75) is 0 Å². The van der Waals surface area contributed by atoms with Crippen molar-refractivity contribution >= 4 is 11.3 Å². The Hall–Kier alpha value is -2.95. The van der Waals surface area contributed by atoms with Gasteiger partial charge in [0.15, 0.2) is 11.6 Å². The van der Waals surface area contributed by atoms with Crippen LogP contribution in [-0.4, -0.2) is 25.7 Å². The zero-order valence-electron chi connectivity index (χ0n) is 8.92. The number of benzene rings is 1. The Bertz CT molecular complexity index is 616. The number of aromatic nitrogens is 4. The molecule has 3 N–H and O–H groups in total. The SMILES string of the molecule is N#CC(=CNc1ccc(O)c(F)c1)c1nn[nH]n1. The van der Waals surface area contributed by atoms with Crippen molar-refractivity contribution in [3.05, 3.63) is 36.0 Å². The van der Waals surface area contributed by atoms with Crippen LogP contribution in [0.25, 0.3) is 5.57 Å². The number of nitriles is 1. The fourth-order valence-electron chi connectivity index (χ4n) is 1.17. The molecule has 0 amide bonds. The fraction of sp³-hybridized carbons (Fsp3) is 0. The summed E-state index contributed by atoms with van der Waals surface area (Å²) in [6.07, 6.45) is 1.32. The van der Waals surface area contributed by atoms with Gasteiger partial charge in [-0.15, -0.1) is 10.2 Å². The van der Waals surface area contributed by atoms with Gasteiger partial charge in [-0.25, -0.2) is 4.39 Å². The summed E-state index contributed by atoms with van der Waals surface area (Å²) < 4.78 is 13.0. The van der Waals surface area contributed by atoms with Gasteiger partial charge in [-0.3, -0.25) is 0 Å². The smallest absolute Gasteiger partial charge is 0.216 e. The lowest BCUT2D eigenvalue weighted by molar-refractivity contribution is 0.432. The first-order chi connectivity index (χ1) is 8.70. The molecule has 0 spiro atoms. The summed E-state index contributed by atoms with van der Waals surface area (Å²) in [6.45, 7) is 0. The lowest BCUT2D eigenvalue weighted by Crippen LogP contribution is -1.93. The molecule has 18 heavy (non-hydrogen) atoms. The molecule has 0 saturated heterocycles. The van der Waals surface area contributed by atoms with E-state index in [1.54, 1.807) is 0 Å². The topological polar surface area (TPSA) is 111 Å². The third kappa shape index (κ3) is 2.41. The second-order valence-electron chi connectivity index (χ2n) is 3.22. The number of rotatable bonds is 3. The van der Waals surface area contributed by atoms with E-state index in [4.69, 9.17) is 10.4 Å². The van der Waals surface area contributed by atoms with Gasteiger partial charge < -0.3 is 10.4 Å². The van der Waals surface area contributed by atoms with Gasteiger partial charge >= 0.3 is 0 Å². The maximum absolute atomic E-state index is 13.0. The summed E-state index contributed by atoms with van der Waals surface area (Å²) in [7, 11) is 0. The molecule has 0 unspecified atom stereocenters. The van der Waals surface area contributed by atoms with Crippen molar-refractivity contribution in [1.82, 2.24) is 20.6 Å². The molecular weight excluding hydrogens is 239 g/mol. The van der Waals surface area contributed by atoms with Crippen molar-refractivity contribution in [2.75, 3.05) is 5.32 Å². The number of H-pyrrole nitrogens is 1. The van der Waals surface area contributed by atoms with Crippen molar-refractivity contribution < 1.29 is 9.50 Å². The molecule has 0 radical (unpaired) electrons. The quantitative estimate of drug-likeness (QED) is 0.550. The highest BCUT2D eigenvalue weighted by molar-refractivity contribution is 5.74. The number of aromatic amines is 1. The molecule has 8 heteroatoms. The summed E-state index contributed by atoms with van der Waals surface area (Å²) in [5.41, 5.74) is 0.513. The first-order valence-corrected chi connectivity index (χ1v) is 4.80. The van der Waals surface area contributed by atoms with Crippen molar-refractivity contribution in [2.24, 2.45) is 0 Å². The molecule has 0 aliphatic heterocycles. The molecule has 7 nitrogen and oxygen atoms in total. The van der Waals surface area contributed by atoms with E-state index in [2.05, 4.69) is 25.9 Å². The summed E-state index contributed by atoms with van der Waals surface area (Å²) in [6, 6.07) is 5.62. The van der Waals surface area contributed by atoms with Crippen LogP contribution in [-0.2, 0) is 0 Å². The first kappa shape index (κ1) is 11.5. The molecule has 0 atom stereocenters. The summed E-state index contributed by atoms with van der Waals surface area (Å²) >= 11 is 0. The van der Waals surface area contributed by atoms with Gasteiger partial charge in [-0.1, -0.05) is 0 Å². The van der Waals surface area contributed by atoms with E-state index >= 15 is 0 Å². The maximum Gasteiger partial charge on any atom is 0.216 e. The van der Waals surface area contributed by atoms with E-state index in [-0.39, 0.29) is 11.4 Å². The van der Waals surface area contributed by atoms with Gasteiger partial charge in [0.2, 0.25) is 5.82 Å². The minimum Gasteiger partial charge on any atom is -0.505 e. The Labute approximate surface area is 101 Å². The van der Waals surface area contributed by atoms with Crippen LogP contribution in [0.5, 0.6) is 5.75 Å². The Balaban J connectivity index is 2.19. The average molecular weight is 246 g/mol. The second-order valence-corrected chi connectivity index (χ2v) is 3.22. The molecule has 0 saturated carbocycles. The van der Waals surface area contributed by atoms with Crippen LogP contribution in [0, 0.1) is 17.1 Å². The lowest BCUT2D eigenvalue weighted by Gasteiger charge is -2.02. The normalized spacial score (nSPS) is 11.0. The third-order valence-corrected chi connectivity index (χ3v) is 2.04. The minimum absolute atomic E-state index is 0.129. The second kappa shape index (κ2) is 4.92. The number of halogens is 1. The van der Waals surface area contributed by atoms with E-state index in [0.29, 0.717) is 5.69 Å². The standard InChI is InChI=1S/C10H7FN6O/c11-8-3-7(1-2-9(8)18)13-5-6(4-12)10-14-16-17-15-10/h1-3,5,13,18H,(H,14,15,16,17). The molecule has 2 aromatic rings. The number of phenols is 1. The number of tetrazole rings is 1. The zero-order valence-corrected chi connectivity index (χ0v) is 8.92. The van der Waals surface area contributed by atoms with Crippen LogP contribution in [0.15, 0.2) is 24.4 Å². The Morgan fingerprint density at radius 3 is 3.00 bits per heavy atom. The van der Waals surface area contributed by atoms with Crippen LogP contribution < -0.4 is 5.32 Å². The van der Waals surface area contributed by atoms with Crippen LogP contribution in [0.2, 0.25) is 0 Å². The van der Waals surface area contributed by atoms with Gasteiger partial charge in [0, 0.05) is 18.0 Å². The highest BCUT2D eigenvalue weighted by Crippen LogP contribution is 2.19. The predicted molar refractivity (Wildman–Crippen MR) is 59.5 cm³/mol. The number of anilines is 1. The number of nitrogens with zero attached hydrogens (tertiary/aromatic N) is 4. The molecule has 1 aromatic carbocycles. The number of aromatic hydroxyl groups is 1. The molecule has 2 rings (SSSR count). The summed E-state index contributed by atoms with van der Waals surface area (Å²) in [4.78, 5) is 0. The number of allylic oxidation sites excluding steroid dienone is 1. The first-order valence-electron chi connectivity index (χ1n) is 4.80. The van der Waals surface area contributed by atoms with Crippen molar-refractivity contribution in [1.29, 1.82) is 5.26 Å². The maximum atomic E-state index is 13.0. The summed E-state index contributed by atoms with van der Waals surface area (Å²) in [5, 5.41) is 33.4. The summed E-state index contributed by atoms with van der Waals surface area (Å²) in [5.74, 6) is -1.07. The number of hydrogen-bond acceptors (Lipinski definition) is 6. The molecule has 1 aromatic heterocycles. The zero-order chi connectivity index (χ0) is 13.0. The average Bonchev–Trinajstić information content (AvgIpc) is 2.88. The van der Waals surface area contributed by atoms with Crippen LogP contribution in [0.1, 0.15) is 5.82 Å². The molecule has 0 bridgehead atoms. The minimum atomic E-state index is -0.758. The Morgan fingerprint density at radius 2 is 2.39 bits per heavy atom. The molecule has 1 heterocycles. The van der Waals surface area contributed by atoms with E-state index in [0.717, 1.165) is 6.07 Å². The van der Waals surface area contributed by atoms with E-state index in [1.165, 1.54) is 18.3 Å². The molecule has 0 aliphatic rings. The Morgan fingerprint density at radius 1 is 1.56 bits per heavy atom. The highest BCUT2D eigenvalue weighted by atomic mass is 19.1. The van der Waals surface area contributed by atoms with Gasteiger partial charge in [-0.05, 0) is 17.3 Å². The largest absolute Gasteiger partial charge is 0.505 e. The monoisotopic (exact) mass is 246 g/mol. The van der Waals surface area contributed by atoms with E-state index < -0.39 is 11.6 Å². The fourth-order valence-corrected chi connectivity index (χ4v) is 1.17. The van der Waals surface area contributed by atoms with E-state index in [9.17, 15) is 4.39 Å². The van der Waals surface area contributed by atoms with Gasteiger partial charge in [0.25, 0.3) is 0 Å². The van der Waals surface area contributed by atoms with E-state index in [1.807, 2.05) is 6.07 Å². The van der Waals surface area contributed by atoms with Crippen molar-refractivity contribution in [3.8, 4) is 11.8 Å². The van der Waals surface area contributed by atoms with Crippen molar-refractivity contribution in [3.63, 3.8) is 0 Å². The highest BCUT2D eigenvalue weighted by Gasteiger charge is 2.06.